The van der Waals surface area contributed by atoms with E-state index in [1.165, 1.54) is 10.5 Å². The Labute approximate surface area is 119 Å². The highest BCUT2D eigenvalue weighted by atomic mass is 32.2. The second kappa shape index (κ2) is 6.58. The van der Waals surface area contributed by atoms with E-state index in [1.54, 1.807) is 11.8 Å². The number of carbonyl (C=O) groups is 1. The first kappa shape index (κ1) is 13.9. The summed E-state index contributed by atoms with van der Waals surface area (Å²) in [4.78, 5) is 13.0. The number of Topliss-reactive ketones (excluding diaryl/α,β-unsaturated/α-hetero) is 1. The van der Waals surface area contributed by atoms with Crippen LogP contribution in [0, 0.1) is 5.92 Å². The molecule has 19 heavy (non-hydrogen) atoms. The minimum atomic E-state index is 0.0582. The number of carbonyl (C=O) groups excluding carboxylic acids is 1. The largest absolute Gasteiger partial charge is 0.294 e. The predicted molar refractivity (Wildman–Crippen MR) is 81.6 cm³/mol. The summed E-state index contributed by atoms with van der Waals surface area (Å²) in [5.41, 5.74) is 2.12. The molecule has 0 aliphatic rings. The van der Waals surface area contributed by atoms with Gasteiger partial charge in [-0.15, -0.1) is 11.8 Å². The number of rotatable bonds is 5. The highest BCUT2D eigenvalue weighted by molar-refractivity contribution is 7.98. The lowest BCUT2D eigenvalue weighted by atomic mass is 10.0. The molecule has 2 aromatic rings. The van der Waals surface area contributed by atoms with Gasteiger partial charge in [-0.1, -0.05) is 56.3 Å². The van der Waals surface area contributed by atoms with E-state index in [4.69, 9.17) is 0 Å². The molecule has 1 nitrogen and oxygen atoms in total. The average Bonchev–Trinajstić information content (AvgIpc) is 2.46. The summed E-state index contributed by atoms with van der Waals surface area (Å²) in [6.45, 7) is 3.86. The van der Waals surface area contributed by atoms with E-state index < -0.39 is 0 Å². The molecular formula is C17H18OS. The van der Waals surface area contributed by atoms with Crippen molar-refractivity contribution in [2.24, 2.45) is 5.92 Å². The van der Waals surface area contributed by atoms with Gasteiger partial charge in [0.15, 0.2) is 5.78 Å². The highest BCUT2D eigenvalue weighted by Crippen LogP contribution is 2.23. The van der Waals surface area contributed by atoms with Crippen molar-refractivity contribution >= 4 is 17.5 Å². The lowest BCUT2D eigenvalue weighted by Crippen LogP contribution is -2.06. The topological polar surface area (TPSA) is 17.1 Å². The van der Waals surface area contributed by atoms with Crippen LogP contribution in [-0.2, 0) is 5.75 Å². The predicted octanol–water partition coefficient (Wildman–Crippen LogP) is 4.82. The standard InChI is InChI=1S/C17H18OS/c1-13(2)17(18)15-8-10-16(11-9-15)19-12-14-6-4-3-5-7-14/h3-11,13H,12H2,1-2H3. The zero-order valence-corrected chi connectivity index (χ0v) is 12.1. The molecule has 2 heteroatoms. The van der Waals surface area contributed by atoms with Gasteiger partial charge in [-0.2, -0.15) is 0 Å². The zero-order valence-electron chi connectivity index (χ0n) is 11.3. The molecule has 0 bridgehead atoms. The van der Waals surface area contributed by atoms with Crippen molar-refractivity contribution in [2.75, 3.05) is 0 Å². The number of hydrogen-bond acceptors (Lipinski definition) is 2. The van der Waals surface area contributed by atoms with Crippen LogP contribution in [0.1, 0.15) is 29.8 Å². The molecule has 0 spiro atoms. The van der Waals surface area contributed by atoms with Gasteiger partial charge < -0.3 is 0 Å². The number of benzene rings is 2. The fraction of sp³-hybridized carbons (Fsp3) is 0.235. The van der Waals surface area contributed by atoms with Gasteiger partial charge in [0.05, 0.1) is 0 Å². The molecule has 98 valence electrons. The van der Waals surface area contributed by atoms with Crippen LogP contribution in [0.2, 0.25) is 0 Å². The van der Waals surface area contributed by atoms with Gasteiger partial charge in [-0.05, 0) is 17.7 Å². The zero-order chi connectivity index (χ0) is 13.7. The van der Waals surface area contributed by atoms with Crippen molar-refractivity contribution in [2.45, 2.75) is 24.5 Å². The molecule has 0 unspecified atom stereocenters. The molecule has 2 rings (SSSR count). The maximum atomic E-state index is 11.8. The van der Waals surface area contributed by atoms with E-state index in [9.17, 15) is 4.79 Å². The van der Waals surface area contributed by atoms with E-state index in [0.29, 0.717) is 0 Å². The van der Waals surface area contributed by atoms with Gasteiger partial charge in [0, 0.05) is 22.1 Å². The van der Waals surface area contributed by atoms with Crippen molar-refractivity contribution in [3.8, 4) is 0 Å². The van der Waals surface area contributed by atoms with E-state index in [2.05, 4.69) is 24.3 Å². The van der Waals surface area contributed by atoms with E-state index >= 15 is 0 Å². The molecule has 0 amide bonds. The Morgan fingerprint density at radius 2 is 1.63 bits per heavy atom. The first-order valence-electron chi connectivity index (χ1n) is 6.48. The second-order valence-electron chi connectivity index (χ2n) is 4.82. The maximum Gasteiger partial charge on any atom is 0.165 e. The van der Waals surface area contributed by atoms with Crippen LogP contribution in [0.4, 0.5) is 0 Å². The fourth-order valence-corrected chi connectivity index (χ4v) is 2.64. The van der Waals surface area contributed by atoms with Crippen molar-refractivity contribution < 1.29 is 4.79 Å². The van der Waals surface area contributed by atoms with Crippen molar-refractivity contribution in [1.82, 2.24) is 0 Å². The van der Waals surface area contributed by atoms with Crippen LogP contribution in [0.5, 0.6) is 0 Å². The molecule has 0 atom stereocenters. The summed E-state index contributed by atoms with van der Waals surface area (Å²) >= 11 is 1.79. The molecule has 0 saturated heterocycles. The van der Waals surface area contributed by atoms with E-state index in [1.807, 2.05) is 44.2 Å². The lowest BCUT2D eigenvalue weighted by molar-refractivity contribution is 0.0939. The van der Waals surface area contributed by atoms with Crippen LogP contribution < -0.4 is 0 Å². The SMILES string of the molecule is CC(C)C(=O)c1ccc(SCc2ccccc2)cc1. The minimum absolute atomic E-state index is 0.0582. The molecular weight excluding hydrogens is 252 g/mol. The normalized spacial score (nSPS) is 10.7. The Balaban J connectivity index is 1.98. The Bertz CT molecular complexity index is 529. The Morgan fingerprint density at radius 1 is 1.00 bits per heavy atom. The first-order chi connectivity index (χ1) is 9.16. The highest BCUT2D eigenvalue weighted by Gasteiger charge is 2.09. The molecule has 0 saturated carbocycles. The minimum Gasteiger partial charge on any atom is -0.294 e. The van der Waals surface area contributed by atoms with Crippen LogP contribution in [0.3, 0.4) is 0 Å². The lowest BCUT2D eigenvalue weighted by Gasteiger charge is -2.06. The van der Waals surface area contributed by atoms with Gasteiger partial charge >= 0.3 is 0 Å². The Morgan fingerprint density at radius 3 is 2.21 bits per heavy atom. The van der Waals surface area contributed by atoms with E-state index in [-0.39, 0.29) is 11.7 Å². The van der Waals surface area contributed by atoms with Crippen LogP contribution >= 0.6 is 11.8 Å². The third kappa shape index (κ3) is 3.97. The summed E-state index contributed by atoms with van der Waals surface area (Å²) in [5, 5.41) is 0. The second-order valence-corrected chi connectivity index (χ2v) is 5.87. The molecule has 0 N–H and O–H groups in total. The molecule has 0 aromatic heterocycles. The first-order valence-corrected chi connectivity index (χ1v) is 7.46. The maximum absolute atomic E-state index is 11.8. The molecule has 0 fully saturated rings. The molecule has 0 aliphatic carbocycles. The van der Waals surface area contributed by atoms with Gasteiger partial charge in [0.25, 0.3) is 0 Å². The molecule has 0 radical (unpaired) electrons. The number of hydrogen-bond donors (Lipinski definition) is 0. The molecule has 0 heterocycles. The summed E-state index contributed by atoms with van der Waals surface area (Å²) in [7, 11) is 0. The van der Waals surface area contributed by atoms with Crippen LogP contribution in [0.25, 0.3) is 0 Å². The fourth-order valence-electron chi connectivity index (χ4n) is 1.79. The van der Waals surface area contributed by atoms with Crippen LogP contribution in [-0.4, -0.2) is 5.78 Å². The van der Waals surface area contributed by atoms with Gasteiger partial charge in [-0.3, -0.25) is 4.79 Å². The van der Waals surface area contributed by atoms with Gasteiger partial charge in [-0.25, -0.2) is 0 Å². The van der Waals surface area contributed by atoms with Gasteiger partial charge in [0.1, 0.15) is 0 Å². The van der Waals surface area contributed by atoms with Gasteiger partial charge in [0.2, 0.25) is 0 Å². The Hall–Kier alpha value is -1.54. The van der Waals surface area contributed by atoms with E-state index in [0.717, 1.165) is 11.3 Å². The number of ketones is 1. The summed E-state index contributed by atoms with van der Waals surface area (Å²) < 4.78 is 0. The summed E-state index contributed by atoms with van der Waals surface area (Å²) in [6, 6.07) is 18.3. The average molecular weight is 270 g/mol. The molecule has 0 aliphatic heterocycles. The monoisotopic (exact) mass is 270 g/mol. The van der Waals surface area contributed by atoms with Crippen molar-refractivity contribution in [3.63, 3.8) is 0 Å². The van der Waals surface area contributed by atoms with Crippen molar-refractivity contribution in [1.29, 1.82) is 0 Å². The van der Waals surface area contributed by atoms with Crippen LogP contribution in [0.15, 0.2) is 59.5 Å². The number of thioether (sulfide) groups is 1. The molecule has 2 aromatic carbocycles. The Kier molecular flexibility index (Phi) is 4.80. The smallest absolute Gasteiger partial charge is 0.165 e. The summed E-state index contributed by atoms with van der Waals surface area (Å²) in [6.07, 6.45) is 0. The third-order valence-corrected chi connectivity index (χ3v) is 3.99. The van der Waals surface area contributed by atoms with Crippen molar-refractivity contribution in [3.05, 3.63) is 65.7 Å². The summed E-state index contributed by atoms with van der Waals surface area (Å²) in [5.74, 6) is 1.22. The quantitative estimate of drug-likeness (QED) is 0.572. The third-order valence-electron chi connectivity index (χ3n) is 2.91.